The summed E-state index contributed by atoms with van der Waals surface area (Å²) >= 11 is 0. The third-order valence-electron chi connectivity index (χ3n) is 6.76. The van der Waals surface area contributed by atoms with Crippen molar-refractivity contribution in [3.05, 3.63) is 0 Å². The molecule has 0 unspecified atom stereocenters. The number of unbranched alkanes of at least 4 members (excludes halogenated alkanes) is 3. The molecule has 0 rings (SSSR count). The molecule has 45 heavy (non-hydrogen) atoms. The Balaban J connectivity index is 5.96. The molecule has 0 aromatic carbocycles. The molecule has 16 N–H and O–H groups in total. The minimum absolute atomic E-state index is 0.0796. The summed E-state index contributed by atoms with van der Waals surface area (Å²) in [5.41, 5.74) is 27.3. The highest BCUT2D eigenvalue weighted by molar-refractivity contribution is 5.96. The van der Waals surface area contributed by atoms with Gasteiger partial charge in [0.2, 0.25) is 29.5 Å². The molecule has 0 aromatic heterocycles. The van der Waals surface area contributed by atoms with Crippen molar-refractivity contribution in [1.29, 1.82) is 0 Å². The van der Waals surface area contributed by atoms with Gasteiger partial charge in [0.25, 0.3) is 0 Å². The van der Waals surface area contributed by atoms with E-state index in [0.717, 1.165) is 0 Å². The van der Waals surface area contributed by atoms with Crippen LogP contribution in [0, 0.1) is 0 Å². The Morgan fingerprint density at radius 1 is 0.533 bits per heavy atom. The van der Waals surface area contributed by atoms with Crippen LogP contribution in [0.1, 0.15) is 77.0 Å². The van der Waals surface area contributed by atoms with Crippen molar-refractivity contribution in [3.8, 4) is 0 Å². The lowest BCUT2D eigenvalue weighted by atomic mass is 10.0. The fraction of sp³-hybridized carbons (Fsp3) is 0.741. The Morgan fingerprint density at radius 3 is 1.24 bits per heavy atom. The summed E-state index contributed by atoms with van der Waals surface area (Å²) < 4.78 is 0. The first kappa shape index (κ1) is 41.1. The van der Waals surface area contributed by atoms with Crippen LogP contribution in [0.2, 0.25) is 0 Å². The van der Waals surface area contributed by atoms with Crippen molar-refractivity contribution in [1.82, 2.24) is 21.3 Å². The van der Waals surface area contributed by atoms with E-state index in [-0.39, 0.29) is 25.7 Å². The summed E-state index contributed by atoms with van der Waals surface area (Å²) in [6.07, 6.45) is 1.68. The van der Waals surface area contributed by atoms with Gasteiger partial charge in [0.05, 0.1) is 12.5 Å². The van der Waals surface area contributed by atoms with Gasteiger partial charge in [0.15, 0.2) is 0 Å². The number of primary amides is 1. The second kappa shape index (κ2) is 23.5. The predicted molar refractivity (Wildman–Crippen MR) is 163 cm³/mol. The fourth-order valence-corrected chi connectivity index (χ4v) is 4.22. The number of aliphatic carboxylic acids is 2. The normalized spacial score (nSPS) is 14.2. The number of rotatable bonds is 26. The highest BCUT2D eigenvalue weighted by Crippen LogP contribution is 2.09. The quantitative estimate of drug-likeness (QED) is 0.0407. The van der Waals surface area contributed by atoms with Crippen LogP contribution in [0.15, 0.2) is 0 Å². The van der Waals surface area contributed by atoms with E-state index < -0.39 is 84.5 Å². The number of nitrogens with one attached hydrogen (secondary N) is 4. The van der Waals surface area contributed by atoms with Crippen LogP contribution in [0.5, 0.6) is 0 Å². The van der Waals surface area contributed by atoms with Crippen molar-refractivity contribution in [2.75, 3.05) is 19.6 Å². The molecule has 5 atom stereocenters. The Labute approximate surface area is 262 Å². The summed E-state index contributed by atoms with van der Waals surface area (Å²) in [6.45, 7) is 0.951. The lowest BCUT2D eigenvalue weighted by Crippen LogP contribution is -2.58. The second-order valence-corrected chi connectivity index (χ2v) is 10.6. The van der Waals surface area contributed by atoms with E-state index in [0.29, 0.717) is 58.2 Å². The van der Waals surface area contributed by atoms with E-state index >= 15 is 0 Å². The maximum atomic E-state index is 13.4. The topological polar surface area (TPSA) is 338 Å². The lowest BCUT2D eigenvalue weighted by Gasteiger charge is -2.26. The molecule has 0 aliphatic heterocycles. The van der Waals surface area contributed by atoms with Gasteiger partial charge >= 0.3 is 11.9 Å². The van der Waals surface area contributed by atoms with Gasteiger partial charge < -0.3 is 60.1 Å². The first-order chi connectivity index (χ1) is 21.3. The van der Waals surface area contributed by atoms with Crippen LogP contribution in [0.3, 0.4) is 0 Å². The van der Waals surface area contributed by atoms with E-state index in [4.69, 9.17) is 28.7 Å². The number of carbonyl (C=O) groups is 7. The third-order valence-corrected chi connectivity index (χ3v) is 6.76. The zero-order valence-corrected chi connectivity index (χ0v) is 25.6. The molecule has 0 radical (unpaired) electrons. The van der Waals surface area contributed by atoms with Gasteiger partial charge in [0.1, 0.15) is 24.2 Å². The SMILES string of the molecule is NCCCC[C@H](NC(=O)[C@H](CCCCN)NC(=O)[C@H](CCC(=O)O)NC(=O)[C@H](CCCCN)NC(=O)[C@@H](N)CC(N)=O)C(=O)O. The number of carbonyl (C=O) groups excluding carboxylic acids is 5. The van der Waals surface area contributed by atoms with Crippen LogP contribution in [-0.2, 0) is 33.6 Å². The summed E-state index contributed by atoms with van der Waals surface area (Å²) in [5, 5.41) is 28.6. The second-order valence-electron chi connectivity index (χ2n) is 10.6. The number of hydrogen-bond acceptors (Lipinski definition) is 11. The van der Waals surface area contributed by atoms with Crippen molar-refractivity contribution in [2.24, 2.45) is 28.7 Å². The molecule has 0 saturated heterocycles. The molecular weight excluding hydrogens is 594 g/mol. The molecule has 0 bridgehead atoms. The van der Waals surface area contributed by atoms with E-state index in [2.05, 4.69) is 21.3 Å². The number of amides is 5. The average Bonchev–Trinajstić information content (AvgIpc) is 2.96. The van der Waals surface area contributed by atoms with Crippen LogP contribution >= 0.6 is 0 Å². The lowest BCUT2D eigenvalue weighted by molar-refractivity contribution is -0.142. The molecule has 0 aromatic rings. The molecule has 18 nitrogen and oxygen atoms in total. The third kappa shape index (κ3) is 18.5. The minimum atomic E-state index is -1.45. The average molecular weight is 646 g/mol. The van der Waals surface area contributed by atoms with Crippen molar-refractivity contribution in [3.63, 3.8) is 0 Å². The van der Waals surface area contributed by atoms with Crippen molar-refractivity contribution >= 4 is 41.5 Å². The van der Waals surface area contributed by atoms with Gasteiger partial charge in [-0.05, 0) is 83.8 Å². The van der Waals surface area contributed by atoms with Gasteiger partial charge in [0, 0.05) is 6.42 Å². The fourth-order valence-electron chi connectivity index (χ4n) is 4.22. The zero-order valence-electron chi connectivity index (χ0n) is 25.6. The predicted octanol–water partition coefficient (Wildman–Crippen LogP) is -3.54. The smallest absolute Gasteiger partial charge is 0.326 e. The molecule has 0 aliphatic rings. The number of carboxylic acid groups (broad SMARTS) is 2. The van der Waals surface area contributed by atoms with E-state index in [1.807, 2.05) is 0 Å². The van der Waals surface area contributed by atoms with Gasteiger partial charge in [-0.25, -0.2) is 4.79 Å². The van der Waals surface area contributed by atoms with Crippen molar-refractivity contribution < 1.29 is 43.8 Å². The van der Waals surface area contributed by atoms with Crippen LogP contribution in [-0.4, -0.2) is 102 Å². The Kier molecular flexibility index (Phi) is 21.5. The standard InChI is InChI=1S/C27H51N9O9/c28-12-4-1-7-17(33-23(40)16(31)15-21(32)37)24(41)35-19(10-11-22(38)39)26(43)34-18(8-2-5-13-29)25(42)36-20(27(44)45)9-3-6-14-30/h16-20H,1-15,28-31H2,(H2,32,37)(H,33,40)(H,34,43)(H,35,41)(H,36,42)(H,38,39)(H,44,45)/t16-,17-,18-,19-,20-/m0/s1. The van der Waals surface area contributed by atoms with Gasteiger partial charge in [-0.2, -0.15) is 0 Å². The van der Waals surface area contributed by atoms with Gasteiger partial charge in [-0.1, -0.05) is 0 Å². The molecule has 0 aliphatic carbocycles. The molecule has 0 heterocycles. The molecule has 18 heteroatoms. The molecular formula is C27H51N9O9. The first-order valence-electron chi connectivity index (χ1n) is 15.1. The van der Waals surface area contributed by atoms with Crippen LogP contribution < -0.4 is 49.9 Å². The minimum Gasteiger partial charge on any atom is -0.481 e. The summed E-state index contributed by atoms with van der Waals surface area (Å²) in [4.78, 5) is 86.5. The monoisotopic (exact) mass is 645 g/mol. The molecule has 5 amide bonds. The molecule has 258 valence electrons. The maximum absolute atomic E-state index is 13.4. The van der Waals surface area contributed by atoms with Crippen LogP contribution in [0.4, 0.5) is 0 Å². The zero-order chi connectivity index (χ0) is 34.4. The van der Waals surface area contributed by atoms with E-state index in [1.54, 1.807) is 0 Å². The number of hydrogen-bond donors (Lipinski definition) is 11. The summed E-state index contributed by atoms with van der Waals surface area (Å²) in [5.74, 6) is -6.72. The number of carboxylic acids is 2. The molecule has 0 spiro atoms. The Hall–Kier alpha value is -3.87. The highest BCUT2D eigenvalue weighted by Gasteiger charge is 2.32. The van der Waals surface area contributed by atoms with Crippen LogP contribution in [0.25, 0.3) is 0 Å². The summed E-state index contributed by atoms with van der Waals surface area (Å²) in [6, 6.07) is -6.48. The first-order valence-corrected chi connectivity index (χ1v) is 15.1. The number of nitrogens with two attached hydrogens (primary N) is 5. The Bertz CT molecular complexity index is 983. The molecule has 0 saturated carbocycles. The van der Waals surface area contributed by atoms with Gasteiger partial charge in [-0.3, -0.25) is 28.8 Å². The molecule has 0 fully saturated rings. The van der Waals surface area contributed by atoms with Crippen molar-refractivity contribution in [2.45, 2.75) is 107 Å². The van der Waals surface area contributed by atoms with E-state index in [1.165, 1.54) is 0 Å². The van der Waals surface area contributed by atoms with Gasteiger partial charge in [-0.15, -0.1) is 0 Å². The highest BCUT2D eigenvalue weighted by atomic mass is 16.4. The van der Waals surface area contributed by atoms with E-state index in [9.17, 15) is 43.8 Å². The maximum Gasteiger partial charge on any atom is 0.326 e. The summed E-state index contributed by atoms with van der Waals surface area (Å²) in [7, 11) is 0. The Morgan fingerprint density at radius 2 is 0.889 bits per heavy atom. The largest absolute Gasteiger partial charge is 0.481 e.